The van der Waals surface area contributed by atoms with Gasteiger partial charge in [-0.3, -0.25) is 10.1 Å². The van der Waals surface area contributed by atoms with Crippen molar-refractivity contribution in [2.75, 3.05) is 5.32 Å². The molecule has 1 aliphatic rings. The van der Waals surface area contributed by atoms with Crippen LogP contribution in [0.3, 0.4) is 0 Å². The molecule has 0 aliphatic carbocycles. The molecular formula is C23H19ClN2O3S. The van der Waals surface area contributed by atoms with E-state index in [0.29, 0.717) is 35.2 Å². The predicted octanol–water partition coefficient (Wildman–Crippen LogP) is 4.74. The third-order valence-corrected chi connectivity index (χ3v) is 5.01. The van der Waals surface area contributed by atoms with Crippen molar-refractivity contribution in [1.82, 2.24) is 5.32 Å². The van der Waals surface area contributed by atoms with E-state index in [1.165, 1.54) is 0 Å². The summed E-state index contributed by atoms with van der Waals surface area (Å²) < 4.78 is 11.5. The van der Waals surface area contributed by atoms with Crippen molar-refractivity contribution in [3.8, 4) is 11.5 Å². The highest BCUT2D eigenvalue weighted by Gasteiger charge is 2.29. The van der Waals surface area contributed by atoms with Crippen LogP contribution in [0.2, 0.25) is 5.02 Å². The van der Waals surface area contributed by atoms with Crippen LogP contribution in [0.15, 0.2) is 72.8 Å². The van der Waals surface area contributed by atoms with Crippen molar-refractivity contribution < 1.29 is 14.3 Å². The van der Waals surface area contributed by atoms with Gasteiger partial charge >= 0.3 is 0 Å². The summed E-state index contributed by atoms with van der Waals surface area (Å²) in [5.41, 5.74) is 2.70. The Kier molecular flexibility index (Phi) is 6.16. The lowest BCUT2D eigenvalue weighted by Crippen LogP contribution is -2.42. The van der Waals surface area contributed by atoms with E-state index in [0.717, 1.165) is 11.1 Å². The molecule has 1 amide bonds. The van der Waals surface area contributed by atoms with Crippen molar-refractivity contribution in [3.63, 3.8) is 0 Å². The molecule has 0 spiro atoms. The van der Waals surface area contributed by atoms with E-state index >= 15 is 0 Å². The summed E-state index contributed by atoms with van der Waals surface area (Å²) in [6.07, 6.45) is -0.189. The number of ether oxygens (including phenoxy) is 2. The van der Waals surface area contributed by atoms with Crippen molar-refractivity contribution in [2.45, 2.75) is 19.1 Å². The van der Waals surface area contributed by atoms with E-state index in [2.05, 4.69) is 10.6 Å². The summed E-state index contributed by atoms with van der Waals surface area (Å²) in [7, 11) is 0. The van der Waals surface area contributed by atoms with Crippen LogP contribution in [0.1, 0.15) is 11.1 Å². The van der Waals surface area contributed by atoms with Crippen LogP contribution in [0, 0.1) is 0 Å². The van der Waals surface area contributed by atoms with Gasteiger partial charge < -0.3 is 14.8 Å². The largest absolute Gasteiger partial charge is 0.489 e. The van der Waals surface area contributed by atoms with Crippen LogP contribution < -0.4 is 20.1 Å². The van der Waals surface area contributed by atoms with Crippen LogP contribution in [-0.4, -0.2) is 17.1 Å². The normalized spacial score (nSPS) is 14.4. The highest BCUT2D eigenvalue weighted by molar-refractivity contribution is 7.80. The minimum atomic E-state index is -0.640. The molecule has 2 N–H and O–H groups in total. The minimum absolute atomic E-state index is 0.192. The van der Waals surface area contributed by atoms with E-state index in [4.69, 9.17) is 33.3 Å². The van der Waals surface area contributed by atoms with Gasteiger partial charge in [-0.1, -0.05) is 48.0 Å². The number of benzene rings is 3. The van der Waals surface area contributed by atoms with Crippen molar-refractivity contribution in [2.24, 2.45) is 0 Å². The SMILES string of the molecule is O=C(NC(=S)Nc1cccc(OCc2ccccc2)c1)C1Cc2cc(Cl)ccc2O1. The van der Waals surface area contributed by atoms with Gasteiger partial charge in [0.05, 0.1) is 0 Å². The maximum absolute atomic E-state index is 12.5. The van der Waals surface area contributed by atoms with Gasteiger partial charge in [0.1, 0.15) is 18.1 Å². The second kappa shape index (κ2) is 9.15. The Balaban J connectivity index is 1.30. The van der Waals surface area contributed by atoms with Crippen LogP contribution in [0.25, 0.3) is 0 Å². The van der Waals surface area contributed by atoms with Crippen LogP contribution in [-0.2, 0) is 17.8 Å². The third-order valence-electron chi connectivity index (χ3n) is 4.57. The fourth-order valence-corrected chi connectivity index (χ4v) is 3.54. The molecule has 7 heteroatoms. The number of nitrogens with one attached hydrogen (secondary N) is 2. The first kappa shape index (κ1) is 20.2. The van der Waals surface area contributed by atoms with Crippen LogP contribution >= 0.6 is 23.8 Å². The third kappa shape index (κ3) is 5.09. The van der Waals surface area contributed by atoms with Gasteiger partial charge in [0.15, 0.2) is 11.2 Å². The van der Waals surface area contributed by atoms with Gasteiger partial charge in [-0.15, -0.1) is 0 Å². The molecule has 0 fully saturated rings. The minimum Gasteiger partial charge on any atom is -0.489 e. The number of hydrogen-bond acceptors (Lipinski definition) is 4. The average molecular weight is 439 g/mol. The maximum atomic E-state index is 12.5. The van der Waals surface area contributed by atoms with Gasteiger partial charge in [-0.25, -0.2) is 0 Å². The number of hydrogen-bond donors (Lipinski definition) is 2. The van der Waals surface area contributed by atoms with Crippen LogP contribution in [0.4, 0.5) is 5.69 Å². The fraction of sp³-hybridized carbons (Fsp3) is 0.130. The number of carbonyl (C=O) groups is 1. The lowest BCUT2D eigenvalue weighted by molar-refractivity contribution is -0.125. The summed E-state index contributed by atoms with van der Waals surface area (Å²) in [4.78, 5) is 12.5. The topological polar surface area (TPSA) is 59.6 Å². The molecule has 3 aromatic rings. The lowest BCUT2D eigenvalue weighted by atomic mass is 10.1. The zero-order chi connectivity index (χ0) is 20.9. The summed E-state index contributed by atoms with van der Waals surface area (Å²) >= 11 is 11.3. The van der Waals surface area contributed by atoms with Crippen molar-refractivity contribution >= 4 is 40.5 Å². The Morgan fingerprint density at radius 3 is 2.77 bits per heavy atom. The molecule has 3 aromatic carbocycles. The Morgan fingerprint density at radius 2 is 1.93 bits per heavy atom. The first-order valence-electron chi connectivity index (χ1n) is 9.40. The number of rotatable bonds is 5. The molecule has 1 aliphatic heterocycles. The van der Waals surface area contributed by atoms with Gasteiger partial charge in [0.25, 0.3) is 5.91 Å². The molecule has 1 unspecified atom stereocenters. The Morgan fingerprint density at radius 1 is 1.10 bits per heavy atom. The molecule has 0 radical (unpaired) electrons. The molecule has 30 heavy (non-hydrogen) atoms. The fourth-order valence-electron chi connectivity index (χ4n) is 3.12. The molecule has 1 atom stereocenters. The molecule has 0 aromatic heterocycles. The standard InChI is InChI=1S/C23H19ClN2O3S/c24-17-9-10-20-16(11-17)12-21(29-20)22(27)26-23(30)25-18-7-4-8-19(13-18)28-14-15-5-2-1-3-6-15/h1-11,13,21H,12,14H2,(H2,25,26,27,30). The van der Waals surface area contributed by atoms with Gasteiger partial charge in [0, 0.05) is 23.2 Å². The number of anilines is 1. The second-order valence-electron chi connectivity index (χ2n) is 6.81. The molecule has 4 rings (SSSR count). The molecule has 1 heterocycles. The first-order chi connectivity index (χ1) is 14.6. The highest BCUT2D eigenvalue weighted by atomic mass is 35.5. The van der Waals surface area contributed by atoms with E-state index in [1.807, 2.05) is 60.7 Å². The summed E-state index contributed by atoms with van der Waals surface area (Å²) in [5, 5.41) is 6.50. The summed E-state index contributed by atoms with van der Waals surface area (Å²) in [6, 6.07) is 22.6. The monoisotopic (exact) mass is 438 g/mol. The van der Waals surface area contributed by atoms with E-state index in [-0.39, 0.29) is 11.0 Å². The summed E-state index contributed by atoms with van der Waals surface area (Å²) in [6.45, 7) is 0.467. The van der Waals surface area contributed by atoms with Gasteiger partial charge in [0.2, 0.25) is 0 Å². The molecule has 0 saturated heterocycles. The number of fused-ring (bicyclic) bond motifs is 1. The smallest absolute Gasteiger partial charge is 0.267 e. The first-order valence-corrected chi connectivity index (χ1v) is 10.2. The van der Waals surface area contributed by atoms with E-state index in [9.17, 15) is 4.79 Å². The van der Waals surface area contributed by atoms with E-state index in [1.54, 1.807) is 12.1 Å². The average Bonchev–Trinajstić information content (AvgIpc) is 3.16. The van der Waals surface area contributed by atoms with Gasteiger partial charge in [-0.2, -0.15) is 0 Å². The maximum Gasteiger partial charge on any atom is 0.267 e. The van der Waals surface area contributed by atoms with Crippen LogP contribution in [0.5, 0.6) is 11.5 Å². The van der Waals surface area contributed by atoms with E-state index < -0.39 is 6.10 Å². The summed E-state index contributed by atoms with van der Waals surface area (Å²) in [5.74, 6) is 1.06. The zero-order valence-electron chi connectivity index (χ0n) is 15.9. The second-order valence-corrected chi connectivity index (χ2v) is 7.65. The predicted molar refractivity (Wildman–Crippen MR) is 121 cm³/mol. The number of halogens is 1. The lowest BCUT2D eigenvalue weighted by Gasteiger charge is -2.14. The molecule has 5 nitrogen and oxygen atoms in total. The van der Waals surface area contributed by atoms with Crippen molar-refractivity contribution in [3.05, 3.63) is 88.9 Å². The molecule has 0 saturated carbocycles. The molecule has 152 valence electrons. The Hall–Kier alpha value is -3.09. The Labute approximate surface area is 185 Å². The molecular weight excluding hydrogens is 420 g/mol. The quantitative estimate of drug-likeness (QED) is 0.564. The highest BCUT2D eigenvalue weighted by Crippen LogP contribution is 2.31. The zero-order valence-corrected chi connectivity index (χ0v) is 17.5. The Bertz CT molecular complexity index is 1080. The molecule has 0 bridgehead atoms. The van der Waals surface area contributed by atoms with Gasteiger partial charge in [-0.05, 0) is 53.7 Å². The van der Waals surface area contributed by atoms with Crippen molar-refractivity contribution in [1.29, 1.82) is 0 Å². The number of thiocarbonyl (C=S) groups is 1. The number of carbonyl (C=O) groups excluding carboxylic acids is 1. The number of amides is 1.